The minimum Gasteiger partial charge on any atom is -0.461 e. The maximum atomic E-state index is 11.2. The van der Waals surface area contributed by atoms with E-state index in [2.05, 4.69) is 49.4 Å². The summed E-state index contributed by atoms with van der Waals surface area (Å²) in [6.07, 6.45) is 5.12. The lowest BCUT2D eigenvalue weighted by Gasteiger charge is -2.11. The van der Waals surface area contributed by atoms with Gasteiger partial charge in [-0.05, 0) is 35.1 Å². The van der Waals surface area contributed by atoms with Crippen molar-refractivity contribution in [3.05, 3.63) is 76.9 Å². The third-order valence-electron chi connectivity index (χ3n) is 3.67. The van der Waals surface area contributed by atoms with Gasteiger partial charge in [0.2, 0.25) is 0 Å². The number of ether oxygens (including phenoxy) is 1. The van der Waals surface area contributed by atoms with Crippen LogP contribution in [0.25, 0.3) is 6.08 Å². The van der Waals surface area contributed by atoms with Gasteiger partial charge in [0.25, 0.3) is 0 Å². The molecular formula is C21H24O2. The number of hydrogen-bond donors (Lipinski definition) is 0. The van der Waals surface area contributed by atoms with E-state index in [1.807, 2.05) is 18.2 Å². The number of aryl methyl sites for hydroxylation is 1. The number of carbonyl (C=O) groups is 1. The Morgan fingerprint density at radius 2 is 1.74 bits per heavy atom. The quantitative estimate of drug-likeness (QED) is 0.685. The Morgan fingerprint density at radius 3 is 2.43 bits per heavy atom. The van der Waals surface area contributed by atoms with Gasteiger partial charge in [-0.15, -0.1) is 0 Å². The van der Waals surface area contributed by atoms with Gasteiger partial charge in [0.05, 0.1) is 0 Å². The molecule has 2 aromatic rings. The Kier molecular flexibility index (Phi) is 6.61. The second-order valence-electron chi connectivity index (χ2n) is 5.69. The third-order valence-corrected chi connectivity index (χ3v) is 3.67. The predicted octanol–water partition coefficient (Wildman–Crippen LogP) is 4.83. The minimum atomic E-state index is -0.245. The number of esters is 1. The summed E-state index contributed by atoms with van der Waals surface area (Å²) in [5.41, 5.74) is 4.88. The first-order chi connectivity index (χ1) is 11.2. The maximum Gasteiger partial charge on any atom is 0.302 e. The molecule has 0 aliphatic carbocycles. The lowest BCUT2D eigenvalue weighted by molar-refractivity contribution is -0.139. The molecule has 0 atom stereocenters. The summed E-state index contributed by atoms with van der Waals surface area (Å²) in [4.78, 5) is 11.2. The molecule has 0 amide bonds. The fourth-order valence-electron chi connectivity index (χ4n) is 2.59. The van der Waals surface area contributed by atoms with Gasteiger partial charge in [-0.3, -0.25) is 4.79 Å². The smallest absolute Gasteiger partial charge is 0.302 e. The predicted molar refractivity (Wildman–Crippen MR) is 95.2 cm³/mol. The van der Waals surface area contributed by atoms with Crippen LogP contribution in [-0.2, 0) is 22.4 Å². The first kappa shape index (κ1) is 17.0. The van der Waals surface area contributed by atoms with Crippen molar-refractivity contribution >= 4 is 12.0 Å². The average Bonchev–Trinajstić information content (AvgIpc) is 2.55. The summed E-state index contributed by atoms with van der Waals surface area (Å²) in [5, 5.41) is 0. The van der Waals surface area contributed by atoms with Gasteiger partial charge in [-0.2, -0.15) is 0 Å². The molecule has 0 bridgehead atoms. The molecular weight excluding hydrogens is 284 g/mol. The first-order valence-electron chi connectivity index (χ1n) is 8.13. The van der Waals surface area contributed by atoms with Gasteiger partial charge in [0, 0.05) is 6.92 Å². The number of hydrogen-bond acceptors (Lipinski definition) is 2. The standard InChI is InChI=1S/C21H24O2/c1-3-9-20-12-7-8-13-21(20)15-19(16-23-17(2)22)14-18-10-5-4-6-11-18/h4-8,10-13,15H,3,9,14,16H2,1-2H3/b19-15-. The van der Waals surface area contributed by atoms with Crippen molar-refractivity contribution in [2.24, 2.45) is 0 Å². The summed E-state index contributed by atoms with van der Waals surface area (Å²) < 4.78 is 5.24. The molecule has 0 fully saturated rings. The topological polar surface area (TPSA) is 26.3 Å². The normalized spacial score (nSPS) is 11.3. The van der Waals surface area contributed by atoms with Crippen LogP contribution in [-0.4, -0.2) is 12.6 Å². The van der Waals surface area contributed by atoms with E-state index in [4.69, 9.17) is 4.74 Å². The van der Waals surface area contributed by atoms with Crippen molar-refractivity contribution < 1.29 is 9.53 Å². The SMILES string of the molecule is CCCc1ccccc1/C=C(\COC(C)=O)Cc1ccccc1. The molecule has 0 aromatic heterocycles. The molecule has 0 spiro atoms. The van der Waals surface area contributed by atoms with Crippen LogP contribution in [0.15, 0.2) is 60.2 Å². The summed E-state index contributed by atoms with van der Waals surface area (Å²) in [6.45, 7) is 3.97. The van der Waals surface area contributed by atoms with E-state index in [1.54, 1.807) is 0 Å². The summed E-state index contributed by atoms with van der Waals surface area (Å²) in [5.74, 6) is -0.245. The van der Waals surface area contributed by atoms with E-state index in [1.165, 1.54) is 23.6 Å². The fraction of sp³-hybridized carbons (Fsp3) is 0.286. The summed E-state index contributed by atoms with van der Waals surface area (Å²) in [6, 6.07) is 18.7. The summed E-state index contributed by atoms with van der Waals surface area (Å²) in [7, 11) is 0. The van der Waals surface area contributed by atoms with Gasteiger partial charge >= 0.3 is 5.97 Å². The Balaban J connectivity index is 2.26. The highest BCUT2D eigenvalue weighted by atomic mass is 16.5. The van der Waals surface area contributed by atoms with E-state index in [0.717, 1.165) is 24.8 Å². The second kappa shape index (κ2) is 8.94. The zero-order valence-corrected chi connectivity index (χ0v) is 13.9. The van der Waals surface area contributed by atoms with Crippen molar-refractivity contribution in [1.82, 2.24) is 0 Å². The molecule has 0 saturated heterocycles. The molecule has 0 radical (unpaired) electrons. The number of benzene rings is 2. The van der Waals surface area contributed by atoms with Crippen molar-refractivity contribution in [2.45, 2.75) is 33.1 Å². The number of carbonyl (C=O) groups excluding carboxylic acids is 1. The van der Waals surface area contributed by atoms with E-state index in [-0.39, 0.29) is 5.97 Å². The zero-order valence-electron chi connectivity index (χ0n) is 13.9. The van der Waals surface area contributed by atoms with Crippen LogP contribution in [0.4, 0.5) is 0 Å². The van der Waals surface area contributed by atoms with Crippen molar-refractivity contribution in [2.75, 3.05) is 6.61 Å². The molecule has 0 unspecified atom stereocenters. The van der Waals surface area contributed by atoms with Crippen LogP contribution in [0.5, 0.6) is 0 Å². The van der Waals surface area contributed by atoms with Crippen molar-refractivity contribution in [3.8, 4) is 0 Å². The lowest BCUT2D eigenvalue weighted by Crippen LogP contribution is -2.06. The molecule has 0 aliphatic heterocycles. The Hall–Kier alpha value is -2.35. The van der Waals surface area contributed by atoms with Crippen LogP contribution in [0.2, 0.25) is 0 Å². The van der Waals surface area contributed by atoms with Gasteiger partial charge < -0.3 is 4.74 Å². The first-order valence-corrected chi connectivity index (χ1v) is 8.13. The highest BCUT2D eigenvalue weighted by molar-refractivity contribution is 5.66. The lowest BCUT2D eigenvalue weighted by atomic mass is 9.98. The molecule has 2 aromatic carbocycles. The fourth-order valence-corrected chi connectivity index (χ4v) is 2.59. The van der Waals surface area contributed by atoms with Gasteiger partial charge in [0.15, 0.2) is 0 Å². The average molecular weight is 308 g/mol. The maximum absolute atomic E-state index is 11.2. The second-order valence-corrected chi connectivity index (χ2v) is 5.69. The van der Waals surface area contributed by atoms with Crippen LogP contribution in [0.3, 0.4) is 0 Å². The van der Waals surface area contributed by atoms with E-state index in [0.29, 0.717) is 6.61 Å². The van der Waals surface area contributed by atoms with Crippen molar-refractivity contribution in [1.29, 1.82) is 0 Å². The van der Waals surface area contributed by atoms with E-state index < -0.39 is 0 Å². The zero-order chi connectivity index (χ0) is 16.5. The number of rotatable bonds is 7. The van der Waals surface area contributed by atoms with Crippen molar-refractivity contribution in [3.63, 3.8) is 0 Å². The van der Waals surface area contributed by atoms with Crippen LogP contribution >= 0.6 is 0 Å². The van der Waals surface area contributed by atoms with Crippen LogP contribution < -0.4 is 0 Å². The van der Waals surface area contributed by atoms with Gasteiger partial charge in [-0.1, -0.05) is 74.0 Å². The molecule has 120 valence electrons. The van der Waals surface area contributed by atoms with Crippen LogP contribution in [0.1, 0.15) is 37.0 Å². The van der Waals surface area contributed by atoms with E-state index >= 15 is 0 Å². The largest absolute Gasteiger partial charge is 0.461 e. The van der Waals surface area contributed by atoms with Gasteiger partial charge in [-0.25, -0.2) is 0 Å². The molecule has 0 saturated carbocycles. The van der Waals surface area contributed by atoms with Crippen LogP contribution in [0, 0.1) is 0 Å². The van der Waals surface area contributed by atoms with Gasteiger partial charge in [0.1, 0.15) is 6.61 Å². The molecule has 0 aliphatic rings. The van der Waals surface area contributed by atoms with E-state index in [9.17, 15) is 4.79 Å². The third kappa shape index (κ3) is 5.74. The molecule has 2 nitrogen and oxygen atoms in total. The molecule has 0 heterocycles. The Morgan fingerprint density at radius 1 is 1.04 bits per heavy atom. The minimum absolute atomic E-state index is 0.245. The Bertz CT molecular complexity index is 657. The highest BCUT2D eigenvalue weighted by Gasteiger charge is 2.05. The molecule has 0 N–H and O–H groups in total. The molecule has 2 rings (SSSR count). The Labute approximate surface area is 138 Å². The molecule has 23 heavy (non-hydrogen) atoms. The highest BCUT2D eigenvalue weighted by Crippen LogP contribution is 2.18. The molecule has 2 heteroatoms. The summed E-state index contributed by atoms with van der Waals surface area (Å²) >= 11 is 0. The monoisotopic (exact) mass is 308 g/mol.